The van der Waals surface area contributed by atoms with Crippen LogP contribution in [0.25, 0.3) is 0 Å². The Kier molecular flexibility index (Phi) is 4.12. The van der Waals surface area contributed by atoms with Gasteiger partial charge in [0.15, 0.2) is 0 Å². The quantitative estimate of drug-likeness (QED) is 0.702. The molecule has 2 fully saturated rings. The van der Waals surface area contributed by atoms with Gasteiger partial charge in [0.1, 0.15) is 0 Å². The van der Waals surface area contributed by atoms with E-state index in [1.54, 1.807) is 0 Å². The Bertz CT molecular complexity index is 320. The van der Waals surface area contributed by atoms with E-state index in [4.69, 9.17) is 4.99 Å². The summed E-state index contributed by atoms with van der Waals surface area (Å²) in [6.45, 7) is 0.959. The molecule has 0 amide bonds. The molecule has 3 rings (SSSR count). The number of hydrogen-bond donors (Lipinski definition) is 0. The average Bonchev–Trinajstić information content (AvgIpc) is 2.49. The third-order valence-electron chi connectivity index (χ3n) is 5.05. The fourth-order valence-electron chi connectivity index (χ4n) is 3.90. The summed E-state index contributed by atoms with van der Waals surface area (Å²) in [5.74, 6) is 1.56. The molecule has 1 unspecified atom stereocenters. The van der Waals surface area contributed by atoms with E-state index in [2.05, 4.69) is 11.2 Å². The lowest BCUT2D eigenvalue weighted by Gasteiger charge is -2.30. The molecule has 1 aliphatic heterocycles. The number of hydrogen-bond acceptors (Lipinski definition) is 2. The molecule has 0 radical (unpaired) electrons. The molecular formula is C16H26N2. The van der Waals surface area contributed by atoms with Crippen LogP contribution in [0.1, 0.15) is 64.2 Å². The molecule has 2 nitrogen and oxygen atoms in total. The van der Waals surface area contributed by atoms with Gasteiger partial charge in [0.2, 0.25) is 0 Å². The van der Waals surface area contributed by atoms with Gasteiger partial charge in [-0.05, 0) is 31.6 Å². The second kappa shape index (κ2) is 5.99. The Morgan fingerprint density at radius 1 is 0.833 bits per heavy atom. The Morgan fingerprint density at radius 3 is 2.22 bits per heavy atom. The highest BCUT2D eigenvalue weighted by molar-refractivity contribution is 6.32. The summed E-state index contributed by atoms with van der Waals surface area (Å²) in [4.78, 5) is 9.73. The standard InChI is InChI=1S/C16H26N2/c1-3-7-13(8-4-1)15-11-17-12-16(18-15)14-9-5-2-6-10-14/h11,13-14,16H,1-10,12H2. The van der Waals surface area contributed by atoms with Crippen molar-refractivity contribution >= 4 is 11.9 Å². The number of aliphatic imine (C=N–C) groups is 2. The van der Waals surface area contributed by atoms with E-state index in [9.17, 15) is 0 Å². The molecule has 3 aliphatic rings. The van der Waals surface area contributed by atoms with Crippen LogP contribution >= 0.6 is 0 Å². The largest absolute Gasteiger partial charge is 0.289 e. The van der Waals surface area contributed by atoms with Gasteiger partial charge in [-0.25, -0.2) is 0 Å². The summed E-state index contributed by atoms with van der Waals surface area (Å²) in [7, 11) is 0. The van der Waals surface area contributed by atoms with Gasteiger partial charge in [-0.3, -0.25) is 9.98 Å². The van der Waals surface area contributed by atoms with Crippen molar-refractivity contribution in [1.29, 1.82) is 0 Å². The van der Waals surface area contributed by atoms with E-state index >= 15 is 0 Å². The minimum absolute atomic E-state index is 0.521. The molecule has 0 aromatic heterocycles. The highest BCUT2D eigenvalue weighted by Crippen LogP contribution is 2.31. The molecule has 2 aliphatic carbocycles. The van der Waals surface area contributed by atoms with Crippen molar-refractivity contribution in [2.24, 2.45) is 21.8 Å². The fourth-order valence-corrected chi connectivity index (χ4v) is 3.90. The van der Waals surface area contributed by atoms with E-state index in [0.29, 0.717) is 6.04 Å². The predicted molar refractivity (Wildman–Crippen MR) is 77.7 cm³/mol. The van der Waals surface area contributed by atoms with Crippen LogP contribution in [0.3, 0.4) is 0 Å². The monoisotopic (exact) mass is 246 g/mol. The SMILES string of the molecule is C1=NCC(C2CCCCC2)N=C1C1CCCCC1. The van der Waals surface area contributed by atoms with Crippen molar-refractivity contribution in [3.8, 4) is 0 Å². The highest BCUT2D eigenvalue weighted by atomic mass is 14.9. The Labute approximate surface area is 111 Å². The van der Waals surface area contributed by atoms with Crippen LogP contribution in [0.2, 0.25) is 0 Å². The van der Waals surface area contributed by atoms with Crippen molar-refractivity contribution < 1.29 is 0 Å². The first-order valence-electron chi connectivity index (χ1n) is 8.01. The second-order valence-corrected chi connectivity index (χ2v) is 6.35. The van der Waals surface area contributed by atoms with Crippen LogP contribution in [0.4, 0.5) is 0 Å². The van der Waals surface area contributed by atoms with Crippen LogP contribution in [0.15, 0.2) is 9.98 Å². The van der Waals surface area contributed by atoms with E-state index in [-0.39, 0.29) is 0 Å². The minimum atomic E-state index is 0.521. The third kappa shape index (κ3) is 2.84. The topological polar surface area (TPSA) is 24.7 Å². The Morgan fingerprint density at radius 2 is 1.50 bits per heavy atom. The minimum Gasteiger partial charge on any atom is -0.289 e. The van der Waals surface area contributed by atoms with E-state index < -0.39 is 0 Å². The molecule has 0 aromatic rings. The molecule has 0 spiro atoms. The molecule has 0 bridgehead atoms. The maximum absolute atomic E-state index is 5.10. The first-order valence-corrected chi connectivity index (χ1v) is 8.01. The maximum atomic E-state index is 5.10. The zero-order valence-electron chi connectivity index (χ0n) is 11.5. The average molecular weight is 246 g/mol. The first kappa shape index (κ1) is 12.4. The van der Waals surface area contributed by atoms with Crippen LogP contribution in [-0.4, -0.2) is 24.5 Å². The van der Waals surface area contributed by atoms with Crippen LogP contribution in [-0.2, 0) is 0 Å². The van der Waals surface area contributed by atoms with Gasteiger partial charge < -0.3 is 0 Å². The highest BCUT2D eigenvalue weighted by Gasteiger charge is 2.27. The maximum Gasteiger partial charge on any atom is 0.0726 e. The lowest BCUT2D eigenvalue weighted by atomic mass is 9.82. The van der Waals surface area contributed by atoms with Crippen LogP contribution < -0.4 is 0 Å². The van der Waals surface area contributed by atoms with Gasteiger partial charge in [0.25, 0.3) is 0 Å². The first-order chi connectivity index (χ1) is 8.93. The van der Waals surface area contributed by atoms with E-state index in [1.807, 2.05) is 0 Å². The molecule has 100 valence electrons. The van der Waals surface area contributed by atoms with Crippen molar-refractivity contribution in [2.75, 3.05) is 6.54 Å². The van der Waals surface area contributed by atoms with Gasteiger partial charge in [-0.15, -0.1) is 0 Å². The zero-order valence-corrected chi connectivity index (χ0v) is 11.5. The van der Waals surface area contributed by atoms with Crippen molar-refractivity contribution in [2.45, 2.75) is 70.3 Å². The van der Waals surface area contributed by atoms with Gasteiger partial charge in [-0.2, -0.15) is 0 Å². The molecular weight excluding hydrogens is 220 g/mol. The van der Waals surface area contributed by atoms with Crippen LogP contribution in [0.5, 0.6) is 0 Å². The van der Waals surface area contributed by atoms with Crippen molar-refractivity contribution in [3.05, 3.63) is 0 Å². The molecule has 0 saturated heterocycles. The summed E-state index contributed by atoms with van der Waals surface area (Å²) < 4.78 is 0. The molecule has 1 atom stereocenters. The lowest BCUT2D eigenvalue weighted by molar-refractivity contribution is 0.307. The zero-order chi connectivity index (χ0) is 12.2. The van der Waals surface area contributed by atoms with Crippen molar-refractivity contribution in [1.82, 2.24) is 0 Å². The molecule has 2 saturated carbocycles. The molecule has 0 aromatic carbocycles. The number of rotatable bonds is 2. The molecule has 0 N–H and O–H groups in total. The third-order valence-corrected chi connectivity index (χ3v) is 5.05. The summed E-state index contributed by atoms with van der Waals surface area (Å²) in [6, 6.07) is 0.521. The van der Waals surface area contributed by atoms with Gasteiger partial charge in [0.05, 0.1) is 18.3 Å². The van der Waals surface area contributed by atoms with E-state index in [1.165, 1.54) is 69.9 Å². The second-order valence-electron chi connectivity index (χ2n) is 6.35. The number of nitrogens with zero attached hydrogens (tertiary/aromatic N) is 2. The smallest absolute Gasteiger partial charge is 0.0726 e. The van der Waals surface area contributed by atoms with Gasteiger partial charge in [-0.1, -0.05) is 38.5 Å². The summed E-state index contributed by atoms with van der Waals surface area (Å²) in [6.07, 6.45) is 16.1. The lowest BCUT2D eigenvalue weighted by Crippen LogP contribution is -2.31. The normalized spacial score (nSPS) is 31.3. The predicted octanol–water partition coefficient (Wildman–Crippen LogP) is 4.04. The summed E-state index contributed by atoms with van der Waals surface area (Å²) >= 11 is 0. The molecule has 18 heavy (non-hydrogen) atoms. The Balaban J connectivity index is 1.65. The summed E-state index contributed by atoms with van der Waals surface area (Å²) in [5.41, 5.74) is 1.34. The fraction of sp³-hybridized carbons (Fsp3) is 0.875. The van der Waals surface area contributed by atoms with E-state index in [0.717, 1.165) is 18.4 Å². The van der Waals surface area contributed by atoms with Gasteiger partial charge in [0, 0.05) is 12.1 Å². The van der Waals surface area contributed by atoms with Crippen molar-refractivity contribution in [3.63, 3.8) is 0 Å². The molecule has 1 heterocycles. The van der Waals surface area contributed by atoms with Gasteiger partial charge >= 0.3 is 0 Å². The molecule has 2 heteroatoms. The Hall–Kier alpha value is -0.660. The summed E-state index contributed by atoms with van der Waals surface area (Å²) in [5, 5.41) is 0. The van der Waals surface area contributed by atoms with Crippen LogP contribution in [0, 0.1) is 11.8 Å².